The van der Waals surface area contributed by atoms with Crippen LogP contribution in [0.2, 0.25) is 0 Å². The van der Waals surface area contributed by atoms with Gasteiger partial charge in [0, 0.05) is 12.1 Å². The number of nitro groups is 1. The first-order valence-electron chi connectivity index (χ1n) is 9.22. The molecule has 0 spiro atoms. The Labute approximate surface area is 174 Å². The van der Waals surface area contributed by atoms with Gasteiger partial charge in [0.05, 0.1) is 48.8 Å². The molecule has 9 nitrogen and oxygen atoms in total. The fourth-order valence-electron chi connectivity index (χ4n) is 2.89. The van der Waals surface area contributed by atoms with Crippen molar-refractivity contribution < 1.29 is 28.7 Å². The van der Waals surface area contributed by atoms with Crippen molar-refractivity contribution in [2.45, 2.75) is 32.4 Å². The maximum Gasteiger partial charge on any atom is 0.308 e. The predicted molar refractivity (Wildman–Crippen MR) is 109 cm³/mol. The second-order valence-corrected chi connectivity index (χ2v) is 6.65. The zero-order valence-corrected chi connectivity index (χ0v) is 17.2. The summed E-state index contributed by atoms with van der Waals surface area (Å²) in [5.74, 6) is -0.387. The molecule has 2 aromatic rings. The van der Waals surface area contributed by atoms with Crippen molar-refractivity contribution in [3.05, 3.63) is 63.7 Å². The summed E-state index contributed by atoms with van der Waals surface area (Å²) in [6, 6.07) is 9.59. The van der Waals surface area contributed by atoms with Gasteiger partial charge in [0.2, 0.25) is 0 Å². The van der Waals surface area contributed by atoms with Crippen molar-refractivity contribution in [3.8, 4) is 11.5 Å². The van der Waals surface area contributed by atoms with Crippen LogP contribution in [0.5, 0.6) is 11.5 Å². The van der Waals surface area contributed by atoms with Gasteiger partial charge >= 0.3 is 5.97 Å². The van der Waals surface area contributed by atoms with Gasteiger partial charge in [-0.25, -0.2) is 0 Å². The quantitative estimate of drug-likeness (QED) is 0.378. The SMILES string of the molecule is COc1ccc(C(=O)NC(CC(=O)OC(C)C)c2ccccc2[N+](=O)[O-])c(OC)c1. The second kappa shape index (κ2) is 10.2. The van der Waals surface area contributed by atoms with Crippen LogP contribution in [-0.2, 0) is 9.53 Å². The van der Waals surface area contributed by atoms with E-state index in [1.54, 1.807) is 32.0 Å². The molecule has 0 saturated heterocycles. The fourth-order valence-corrected chi connectivity index (χ4v) is 2.89. The summed E-state index contributed by atoms with van der Waals surface area (Å²) >= 11 is 0. The second-order valence-electron chi connectivity index (χ2n) is 6.65. The molecule has 0 heterocycles. The van der Waals surface area contributed by atoms with E-state index in [1.807, 2.05) is 0 Å². The van der Waals surface area contributed by atoms with E-state index in [1.165, 1.54) is 38.5 Å². The van der Waals surface area contributed by atoms with Crippen LogP contribution in [0, 0.1) is 10.1 Å². The van der Waals surface area contributed by atoms with E-state index in [0.29, 0.717) is 5.75 Å². The van der Waals surface area contributed by atoms with E-state index in [9.17, 15) is 19.7 Å². The molecule has 2 aromatic carbocycles. The van der Waals surface area contributed by atoms with Gasteiger partial charge in [-0.2, -0.15) is 0 Å². The number of nitrogens with one attached hydrogen (secondary N) is 1. The molecule has 160 valence electrons. The Morgan fingerprint density at radius 3 is 2.40 bits per heavy atom. The average Bonchev–Trinajstić information content (AvgIpc) is 2.71. The van der Waals surface area contributed by atoms with E-state index in [0.717, 1.165) is 0 Å². The lowest BCUT2D eigenvalue weighted by atomic mass is 10.0. The van der Waals surface area contributed by atoms with E-state index in [2.05, 4.69) is 5.32 Å². The smallest absolute Gasteiger partial charge is 0.308 e. The van der Waals surface area contributed by atoms with Crippen LogP contribution in [-0.4, -0.2) is 37.1 Å². The number of carbonyl (C=O) groups is 2. The first-order chi connectivity index (χ1) is 14.3. The van der Waals surface area contributed by atoms with E-state index in [-0.39, 0.29) is 35.1 Å². The van der Waals surface area contributed by atoms with Crippen LogP contribution in [0.25, 0.3) is 0 Å². The van der Waals surface area contributed by atoms with Crippen molar-refractivity contribution in [1.82, 2.24) is 5.32 Å². The van der Waals surface area contributed by atoms with Gasteiger partial charge in [-0.1, -0.05) is 18.2 Å². The summed E-state index contributed by atoms with van der Waals surface area (Å²) in [7, 11) is 2.89. The molecular formula is C21H24N2O7. The number of hydrogen-bond acceptors (Lipinski definition) is 7. The lowest BCUT2D eigenvalue weighted by Gasteiger charge is -2.20. The predicted octanol–water partition coefficient (Wildman–Crippen LogP) is 3.42. The zero-order chi connectivity index (χ0) is 22.3. The van der Waals surface area contributed by atoms with Gasteiger partial charge in [-0.3, -0.25) is 19.7 Å². The molecule has 30 heavy (non-hydrogen) atoms. The van der Waals surface area contributed by atoms with Crippen LogP contribution < -0.4 is 14.8 Å². The molecule has 0 aliphatic rings. The minimum atomic E-state index is -0.975. The maximum absolute atomic E-state index is 12.9. The van der Waals surface area contributed by atoms with Crippen molar-refractivity contribution in [1.29, 1.82) is 0 Å². The number of hydrogen-bond donors (Lipinski definition) is 1. The Hall–Kier alpha value is -3.62. The van der Waals surface area contributed by atoms with E-state index >= 15 is 0 Å². The van der Waals surface area contributed by atoms with Crippen molar-refractivity contribution in [3.63, 3.8) is 0 Å². The number of esters is 1. The van der Waals surface area contributed by atoms with Gasteiger partial charge < -0.3 is 19.5 Å². The summed E-state index contributed by atoms with van der Waals surface area (Å²) in [4.78, 5) is 36.1. The third kappa shape index (κ3) is 5.69. The fraction of sp³-hybridized carbons (Fsp3) is 0.333. The van der Waals surface area contributed by atoms with Gasteiger partial charge in [-0.05, 0) is 26.0 Å². The number of rotatable bonds is 9. The molecule has 2 rings (SSSR count). The summed E-state index contributed by atoms with van der Waals surface area (Å²) < 4.78 is 15.5. The highest BCUT2D eigenvalue weighted by Crippen LogP contribution is 2.30. The standard InChI is InChI=1S/C21H24N2O7/c1-13(2)30-20(24)12-17(15-7-5-6-8-18(15)23(26)27)22-21(25)16-10-9-14(28-3)11-19(16)29-4/h5-11,13,17H,12H2,1-4H3,(H,22,25). The van der Waals surface area contributed by atoms with E-state index < -0.39 is 22.8 Å². The molecule has 0 bridgehead atoms. The van der Waals surface area contributed by atoms with Crippen LogP contribution in [0.1, 0.15) is 42.2 Å². The van der Waals surface area contributed by atoms with Crippen LogP contribution in [0.15, 0.2) is 42.5 Å². The molecule has 1 unspecified atom stereocenters. The molecule has 0 aliphatic carbocycles. The zero-order valence-electron chi connectivity index (χ0n) is 17.2. The molecule has 0 radical (unpaired) electrons. The lowest BCUT2D eigenvalue weighted by molar-refractivity contribution is -0.385. The average molecular weight is 416 g/mol. The monoisotopic (exact) mass is 416 g/mol. The van der Waals surface area contributed by atoms with Crippen LogP contribution >= 0.6 is 0 Å². The topological polar surface area (TPSA) is 117 Å². The molecule has 1 atom stereocenters. The molecule has 0 aromatic heterocycles. The normalized spacial score (nSPS) is 11.5. The Morgan fingerprint density at radius 2 is 1.80 bits per heavy atom. The van der Waals surface area contributed by atoms with Crippen molar-refractivity contribution in [2.24, 2.45) is 0 Å². The van der Waals surface area contributed by atoms with Gasteiger partial charge in [0.15, 0.2) is 0 Å². The van der Waals surface area contributed by atoms with Gasteiger partial charge in [0.25, 0.3) is 11.6 Å². The molecule has 0 aliphatic heterocycles. The van der Waals surface area contributed by atoms with E-state index in [4.69, 9.17) is 14.2 Å². The Kier molecular flexibility index (Phi) is 7.74. The molecular weight excluding hydrogens is 392 g/mol. The summed E-state index contributed by atoms with van der Waals surface area (Å²) in [6.07, 6.45) is -0.631. The summed E-state index contributed by atoms with van der Waals surface area (Å²) in [5.41, 5.74) is 0.185. The summed E-state index contributed by atoms with van der Waals surface area (Å²) in [6.45, 7) is 3.39. The van der Waals surface area contributed by atoms with Crippen molar-refractivity contribution in [2.75, 3.05) is 14.2 Å². The molecule has 9 heteroatoms. The minimum Gasteiger partial charge on any atom is -0.497 e. The number of benzene rings is 2. The third-order valence-corrected chi connectivity index (χ3v) is 4.21. The Balaban J connectivity index is 2.39. The Bertz CT molecular complexity index is 927. The molecule has 1 amide bonds. The number of nitrogens with zero attached hydrogens (tertiary/aromatic N) is 1. The van der Waals surface area contributed by atoms with Crippen molar-refractivity contribution >= 4 is 17.6 Å². The Morgan fingerprint density at radius 1 is 1.10 bits per heavy atom. The number of nitro benzene ring substituents is 1. The minimum absolute atomic E-state index is 0.194. The number of para-hydroxylation sites is 1. The summed E-state index contributed by atoms with van der Waals surface area (Å²) in [5, 5.41) is 14.2. The molecule has 0 fully saturated rings. The number of methoxy groups -OCH3 is 2. The van der Waals surface area contributed by atoms with Crippen LogP contribution in [0.3, 0.4) is 0 Å². The molecule has 0 saturated carbocycles. The maximum atomic E-state index is 12.9. The molecule has 1 N–H and O–H groups in total. The first kappa shape index (κ1) is 22.7. The number of amides is 1. The third-order valence-electron chi connectivity index (χ3n) is 4.21. The number of carbonyl (C=O) groups excluding carboxylic acids is 2. The van der Waals surface area contributed by atoms with Crippen LogP contribution in [0.4, 0.5) is 5.69 Å². The van der Waals surface area contributed by atoms with Gasteiger partial charge in [0.1, 0.15) is 11.5 Å². The highest BCUT2D eigenvalue weighted by atomic mass is 16.6. The number of ether oxygens (including phenoxy) is 3. The highest BCUT2D eigenvalue weighted by molar-refractivity contribution is 5.97. The lowest BCUT2D eigenvalue weighted by Crippen LogP contribution is -2.31. The van der Waals surface area contributed by atoms with Gasteiger partial charge in [-0.15, -0.1) is 0 Å². The highest BCUT2D eigenvalue weighted by Gasteiger charge is 2.27. The largest absolute Gasteiger partial charge is 0.497 e. The first-order valence-corrected chi connectivity index (χ1v) is 9.22.